The Balaban J connectivity index is 2.07. The lowest BCUT2D eigenvalue weighted by Crippen LogP contribution is -2.16. The first kappa shape index (κ1) is 14.8. The number of rotatable bonds is 2. The lowest BCUT2D eigenvalue weighted by Gasteiger charge is -2.19. The van der Waals surface area contributed by atoms with Gasteiger partial charge in [0.15, 0.2) is 17.3 Å². The third-order valence-corrected chi connectivity index (χ3v) is 5.40. The second-order valence-electron chi connectivity index (χ2n) is 4.74. The fourth-order valence-corrected chi connectivity index (χ4v) is 3.31. The minimum Gasteiger partial charge on any atom is -0.486 e. The van der Waals surface area contributed by atoms with Gasteiger partial charge in [-0.15, -0.1) is 0 Å². The summed E-state index contributed by atoms with van der Waals surface area (Å²) >= 11 is 5.67. The van der Waals surface area contributed by atoms with Gasteiger partial charge in [0.25, 0.3) is 0 Å². The van der Waals surface area contributed by atoms with Crippen molar-refractivity contribution in [1.29, 1.82) is 0 Å². The van der Waals surface area contributed by atoms with E-state index in [9.17, 15) is 4.79 Å². The van der Waals surface area contributed by atoms with Crippen molar-refractivity contribution in [2.45, 2.75) is 6.92 Å². The molecule has 0 spiro atoms. The van der Waals surface area contributed by atoms with E-state index in [-0.39, 0.29) is 5.78 Å². The smallest absolute Gasteiger partial charge is 0.195 e. The van der Waals surface area contributed by atoms with Crippen LogP contribution in [-0.4, -0.2) is 19.0 Å². The number of hydrogen-bond donors (Lipinski definition) is 0. The molecule has 0 saturated carbocycles. The van der Waals surface area contributed by atoms with Crippen molar-refractivity contribution in [3.63, 3.8) is 0 Å². The normalized spacial score (nSPS) is 13.1. The predicted octanol–water partition coefficient (Wildman–Crippen LogP) is 4.36. The summed E-state index contributed by atoms with van der Waals surface area (Å²) in [6, 6.07) is 9.29. The number of carbonyl (C=O) groups is 1. The van der Waals surface area contributed by atoms with Crippen LogP contribution in [0.25, 0.3) is 0 Å². The highest BCUT2D eigenvalue weighted by Gasteiger charge is 2.21. The number of fused-ring (bicyclic) bond motifs is 1. The minimum atomic E-state index is -0.0213. The summed E-state index contributed by atoms with van der Waals surface area (Å²) in [5, 5.41) is 0. The molecule has 2 aromatic rings. The second kappa shape index (κ2) is 5.96. The maximum Gasteiger partial charge on any atom is 0.195 e. The van der Waals surface area contributed by atoms with Gasteiger partial charge in [-0.3, -0.25) is 4.79 Å². The highest BCUT2D eigenvalue weighted by atomic mass is 127. The molecule has 0 bridgehead atoms. The van der Waals surface area contributed by atoms with Crippen LogP contribution in [0, 0.1) is 10.5 Å². The van der Waals surface area contributed by atoms with Crippen molar-refractivity contribution in [2.75, 3.05) is 13.2 Å². The van der Waals surface area contributed by atoms with Gasteiger partial charge in [0.1, 0.15) is 13.2 Å². The average Bonchev–Trinajstić information content (AvgIpc) is 2.48. The summed E-state index contributed by atoms with van der Waals surface area (Å²) in [6.45, 7) is 3.03. The summed E-state index contributed by atoms with van der Waals surface area (Å²) in [6.07, 6.45) is 0. The first-order chi connectivity index (χ1) is 10.1. The first-order valence-corrected chi connectivity index (χ1v) is 8.34. The van der Waals surface area contributed by atoms with Gasteiger partial charge in [0.2, 0.25) is 0 Å². The molecule has 1 aliphatic heterocycles. The largest absolute Gasteiger partial charge is 0.486 e. The van der Waals surface area contributed by atoms with Gasteiger partial charge in [0, 0.05) is 19.2 Å². The number of benzene rings is 2. The maximum atomic E-state index is 12.8. The molecule has 3 rings (SSSR count). The van der Waals surface area contributed by atoms with Crippen molar-refractivity contribution in [3.05, 3.63) is 55.1 Å². The quantitative estimate of drug-likeness (QED) is 0.495. The van der Waals surface area contributed by atoms with Crippen LogP contribution < -0.4 is 9.47 Å². The molecule has 0 radical (unpaired) electrons. The monoisotopic (exact) mass is 458 g/mol. The maximum absolute atomic E-state index is 12.8. The van der Waals surface area contributed by atoms with Gasteiger partial charge >= 0.3 is 0 Å². The Hall–Kier alpha value is -1.08. The van der Waals surface area contributed by atoms with E-state index in [0.717, 1.165) is 9.13 Å². The fraction of sp³-hybridized carbons (Fsp3) is 0.188. The Labute approximate surface area is 144 Å². The number of ether oxygens (including phenoxy) is 2. The van der Waals surface area contributed by atoms with Gasteiger partial charge in [0.05, 0.1) is 0 Å². The van der Waals surface area contributed by atoms with Crippen LogP contribution in [0.2, 0.25) is 0 Å². The molecule has 3 nitrogen and oxygen atoms in total. The van der Waals surface area contributed by atoms with Crippen LogP contribution in [0.1, 0.15) is 21.5 Å². The molecule has 2 aromatic carbocycles. The van der Waals surface area contributed by atoms with Crippen LogP contribution in [0.15, 0.2) is 34.8 Å². The predicted molar refractivity (Wildman–Crippen MR) is 92.5 cm³/mol. The van der Waals surface area contributed by atoms with E-state index in [1.807, 2.05) is 25.1 Å². The molecule has 1 heterocycles. The molecular formula is C16H12BrIO3. The van der Waals surface area contributed by atoms with E-state index in [0.29, 0.717) is 40.3 Å². The molecule has 21 heavy (non-hydrogen) atoms. The summed E-state index contributed by atoms with van der Waals surface area (Å²) in [5.74, 6) is 1.27. The van der Waals surface area contributed by atoms with E-state index in [1.165, 1.54) is 0 Å². The van der Waals surface area contributed by atoms with Gasteiger partial charge in [-0.05, 0) is 69.2 Å². The molecule has 0 saturated heterocycles. The van der Waals surface area contributed by atoms with E-state index in [1.54, 1.807) is 12.1 Å². The second-order valence-corrected chi connectivity index (χ2v) is 6.67. The zero-order valence-corrected chi connectivity index (χ0v) is 15.0. The van der Waals surface area contributed by atoms with Gasteiger partial charge in [-0.25, -0.2) is 0 Å². The number of carbonyl (C=O) groups excluding carboxylic acids is 1. The third kappa shape index (κ3) is 2.81. The fourth-order valence-electron chi connectivity index (χ4n) is 2.21. The minimum absolute atomic E-state index is 0.0213. The standard InChI is InChI=1S/C16H12BrIO3/c1-9-3-2-4-10(15(9)18)16(19)11-7-13-14(8-12(11)17)21-6-5-20-13/h2-4,7-8H,5-6H2,1H3. The number of hydrogen-bond acceptors (Lipinski definition) is 3. The van der Waals surface area contributed by atoms with E-state index >= 15 is 0 Å². The van der Waals surface area contributed by atoms with Gasteiger partial charge in [-0.2, -0.15) is 0 Å². The van der Waals surface area contributed by atoms with E-state index in [2.05, 4.69) is 38.5 Å². The van der Waals surface area contributed by atoms with Crippen LogP contribution in [0.3, 0.4) is 0 Å². The summed E-state index contributed by atoms with van der Waals surface area (Å²) < 4.78 is 12.8. The van der Waals surface area contributed by atoms with Crippen LogP contribution in [0.4, 0.5) is 0 Å². The Morgan fingerprint density at radius 3 is 2.52 bits per heavy atom. The van der Waals surface area contributed by atoms with Crippen LogP contribution >= 0.6 is 38.5 Å². The summed E-state index contributed by atoms with van der Waals surface area (Å²) in [4.78, 5) is 12.8. The van der Waals surface area contributed by atoms with Crippen molar-refractivity contribution in [2.24, 2.45) is 0 Å². The highest BCUT2D eigenvalue weighted by Crippen LogP contribution is 2.36. The summed E-state index contributed by atoms with van der Waals surface area (Å²) in [5.41, 5.74) is 2.38. The number of aryl methyl sites for hydroxylation is 1. The Bertz CT molecular complexity index is 728. The van der Waals surface area contributed by atoms with E-state index < -0.39 is 0 Å². The van der Waals surface area contributed by atoms with Crippen LogP contribution in [-0.2, 0) is 0 Å². The molecule has 5 heteroatoms. The average molecular weight is 459 g/mol. The van der Waals surface area contributed by atoms with Crippen molar-refractivity contribution in [3.8, 4) is 11.5 Å². The zero-order chi connectivity index (χ0) is 15.0. The van der Waals surface area contributed by atoms with Crippen molar-refractivity contribution in [1.82, 2.24) is 0 Å². The third-order valence-electron chi connectivity index (χ3n) is 3.31. The zero-order valence-electron chi connectivity index (χ0n) is 11.3. The molecule has 0 fully saturated rings. The van der Waals surface area contributed by atoms with Gasteiger partial charge < -0.3 is 9.47 Å². The molecule has 0 aliphatic carbocycles. The van der Waals surface area contributed by atoms with Crippen molar-refractivity contribution < 1.29 is 14.3 Å². The number of halogens is 2. The lowest BCUT2D eigenvalue weighted by molar-refractivity contribution is 0.103. The Kier molecular flexibility index (Phi) is 4.21. The summed E-state index contributed by atoms with van der Waals surface area (Å²) in [7, 11) is 0. The molecule has 108 valence electrons. The molecular weight excluding hydrogens is 447 g/mol. The molecule has 0 aromatic heterocycles. The van der Waals surface area contributed by atoms with Crippen molar-refractivity contribution >= 4 is 44.3 Å². The molecule has 0 N–H and O–H groups in total. The Morgan fingerprint density at radius 1 is 1.14 bits per heavy atom. The number of ketones is 1. The molecule has 1 aliphatic rings. The lowest BCUT2D eigenvalue weighted by atomic mass is 10.0. The first-order valence-electron chi connectivity index (χ1n) is 6.47. The molecule has 0 amide bonds. The molecule has 0 unspecified atom stereocenters. The van der Waals surface area contributed by atoms with E-state index in [4.69, 9.17) is 9.47 Å². The SMILES string of the molecule is Cc1cccc(C(=O)c2cc3c(cc2Br)OCCO3)c1I. The Morgan fingerprint density at radius 2 is 1.81 bits per heavy atom. The van der Waals surface area contributed by atoms with Crippen LogP contribution in [0.5, 0.6) is 11.5 Å². The van der Waals surface area contributed by atoms with Gasteiger partial charge in [-0.1, -0.05) is 12.1 Å². The molecule has 0 atom stereocenters. The topological polar surface area (TPSA) is 35.5 Å². The highest BCUT2D eigenvalue weighted by molar-refractivity contribution is 14.1.